The van der Waals surface area contributed by atoms with Crippen LogP contribution in [0, 0.1) is 5.41 Å². The number of aromatic nitrogens is 4. The highest BCUT2D eigenvalue weighted by Gasteiger charge is 2.07. The second-order valence-corrected chi connectivity index (χ2v) is 3.43. The van der Waals surface area contributed by atoms with E-state index in [0.717, 1.165) is 5.52 Å². The molecule has 0 spiro atoms. The number of nitrogens with one attached hydrogen (secondary N) is 1. The molecule has 0 amide bonds. The van der Waals surface area contributed by atoms with E-state index < -0.39 is 0 Å². The van der Waals surface area contributed by atoms with E-state index in [-0.39, 0.29) is 0 Å². The quantitative estimate of drug-likeness (QED) is 0.566. The molecule has 0 unspecified atom stereocenters. The van der Waals surface area contributed by atoms with Crippen LogP contribution in [-0.4, -0.2) is 44.8 Å². The van der Waals surface area contributed by atoms with Gasteiger partial charge in [-0.1, -0.05) is 5.21 Å². The molecular formula is C9H12N6. The summed E-state index contributed by atoms with van der Waals surface area (Å²) in [6, 6.07) is 3.67. The molecule has 0 aliphatic rings. The van der Waals surface area contributed by atoms with Crippen molar-refractivity contribution in [3.8, 4) is 0 Å². The van der Waals surface area contributed by atoms with E-state index in [1.54, 1.807) is 15.8 Å². The van der Waals surface area contributed by atoms with Crippen molar-refractivity contribution in [2.75, 3.05) is 14.1 Å². The Hall–Kier alpha value is -1.98. The van der Waals surface area contributed by atoms with Crippen LogP contribution in [-0.2, 0) is 6.54 Å². The van der Waals surface area contributed by atoms with Crippen molar-refractivity contribution in [1.82, 2.24) is 24.9 Å². The number of fused-ring (bicyclic) bond motifs is 1. The summed E-state index contributed by atoms with van der Waals surface area (Å²) in [5, 5.41) is 15.6. The van der Waals surface area contributed by atoms with Crippen LogP contribution in [0.4, 0.5) is 0 Å². The van der Waals surface area contributed by atoms with Gasteiger partial charge in [0.2, 0.25) is 0 Å². The van der Waals surface area contributed by atoms with Crippen LogP contribution >= 0.6 is 0 Å². The van der Waals surface area contributed by atoms with Crippen molar-refractivity contribution in [2.45, 2.75) is 6.54 Å². The standard InChI is InChI=1S/C9H12N6/c1-14(2)8(10)6-15-9-7(12-13-15)4-3-5-11-9/h3-5,10H,6H2,1-2H3. The Morgan fingerprint density at radius 3 is 3.07 bits per heavy atom. The van der Waals surface area contributed by atoms with Gasteiger partial charge >= 0.3 is 0 Å². The Labute approximate surface area is 87.0 Å². The maximum atomic E-state index is 7.70. The van der Waals surface area contributed by atoms with Gasteiger partial charge in [0, 0.05) is 20.3 Å². The summed E-state index contributed by atoms with van der Waals surface area (Å²) >= 11 is 0. The predicted molar refractivity (Wildman–Crippen MR) is 56.7 cm³/mol. The lowest BCUT2D eigenvalue weighted by Gasteiger charge is -2.12. The third-order valence-corrected chi connectivity index (χ3v) is 2.11. The van der Waals surface area contributed by atoms with E-state index in [1.165, 1.54) is 0 Å². The normalized spacial score (nSPS) is 10.5. The Kier molecular flexibility index (Phi) is 2.32. The van der Waals surface area contributed by atoms with E-state index in [4.69, 9.17) is 5.41 Å². The molecule has 0 radical (unpaired) electrons. The fourth-order valence-corrected chi connectivity index (χ4v) is 1.20. The molecule has 0 aliphatic carbocycles. The molecule has 0 aliphatic heterocycles. The van der Waals surface area contributed by atoms with Gasteiger partial charge < -0.3 is 4.90 Å². The second-order valence-electron chi connectivity index (χ2n) is 3.43. The van der Waals surface area contributed by atoms with E-state index in [0.29, 0.717) is 18.0 Å². The highest BCUT2D eigenvalue weighted by molar-refractivity contribution is 5.80. The van der Waals surface area contributed by atoms with Crippen LogP contribution in [0.3, 0.4) is 0 Å². The van der Waals surface area contributed by atoms with Crippen molar-refractivity contribution < 1.29 is 0 Å². The van der Waals surface area contributed by atoms with Gasteiger partial charge in [0.15, 0.2) is 5.65 Å². The first-order chi connectivity index (χ1) is 7.18. The molecule has 0 atom stereocenters. The smallest absolute Gasteiger partial charge is 0.178 e. The number of rotatable bonds is 2. The summed E-state index contributed by atoms with van der Waals surface area (Å²) in [6.07, 6.45) is 1.70. The van der Waals surface area contributed by atoms with Gasteiger partial charge in [-0.05, 0) is 12.1 Å². The number of hydrogen-bond donors (Lipinski definition) is 1. The Bertz CT molecular complexity index is 486. The Morgan fingerprint density at radius 1 is 1.53 bits per heavy atom. The largest absolute Gasteiger partial charge is 0.365 e. The molecule has 0 bridgehead atoms. The third-order valence-electron chi connectivity index (χ3n) is 2.11. The molecule has 2 aromatic heterocycles. The molecule has 0 saturated carbocycles. The minimum atomic E-state index is 0.389. The van der Waals surface area contributed by atoms with Gasteiger partial charge in [0.1, 0.15) is 17.9 Å². The topological polar surface area (TPSA) is 70.7 Å². The SMILES string of the molecule is CN(C)C(=N)Cn1nnc2cccnc21. The van der Waals surface area contributed by atoms with Crippen LogP contribution in [0.2, 0.25) is 0 Å². The first-order valence-corrected chi connectivity index (χ1v) is 4.57. The first kappa shape index (κ1) is 9.57. The fraction of sp³-hybridized carbons (Fsp3) is 0.333. The summed E-state index contributed by atoms with van der Waals surface area (Å²) < 4.78 is 1.62. The van der Waals surface area contributed by atoms with Crippen molar-refractivity contribution in [2.24, 2.45) is 0 Å². The zero-order chi connectivity index (χ0) is 10.8. The Morgan fingerprint density at radius 2 is 2.33 bits per heavy atom. The lowest BCUT2D eigenvalue weighted by Crippen LogP contribution is -2.26. The maximum Gasteiger partial charge on any atom is 0.178 e. The lowest BCUT2D eigenvalue weighted by atomic mass is 10.4. The summed E-state index contributed by atoms with van der Waals surface area (Å²) in [5.74, 6) is 0.465. The van der Waals surface area contributed by atoms with Gasteiger partial charge in [-0.25, -0.2) is 9.67 Å². The zero-order valence-corrected chi connectivity index (χ0v) is 8.68. The van der Waals surface area contributed by atoms with Crippen molar-refractivity contribution in [1.29, 1.82) is 5.41 Å². The van der Waals surface area contributed by atoms with Crippen LogP contribution in [0.15, 0.2) is 18.3 Å². The number of nitrogens with zero attached hydrogens (tertiary/aromatic N) is 5. The van der Waals surface area contributed by atoms with Gasteiger partial charge in [-0.2, -0.15) is 0 Å². The molecule has 78 valence electrons. The van der Waals surface area contributed by atoms with Gasteiger partial charge in [-0.15, -0.1) is 5.10 Å². The molecule has 0 saturated heterocycles. The Balaban J connectivity index is 2.33. The summed E-state index contributed by atoms with van der Waals surface area (Å²) in [7, 11) is 3.66. The van der Waals surface area contributed by atoms with E-state index in [9.17, 15) is 0 Å². The molecule has 2 rings (SSSR count). The van der Waals surface area contributed by atoms with Gasteiger partial charge in [0.25, 0.3) is 0 Å². The highest BCUT2D eigenvalue weighted by Crippen LogP contribution is 2.05. The summed E-state index contributed by atoms with van der Waals surface area (Å²) in [6.45, 7) is 0.389. The molecule has 2 heterocycles. The second kappa shape index (κ2) is 3.64. The molecule has 1 N–H and O–H groups in total. The van der Waals surface area contributed by atoms with Crippen LogP contribution in [0.1, 0.15) is 0 Å². The van der Waals surface area contributed by atoms with E-state index in [2.05, 4.69) is 15.3 Å². The number of pyridine rings is 1. The third kappa shape index (κ3) is 1.78. The van der Waals surface area contributed by atoms with Gasteiger partial charge in [-0.3, -0.25) is 5.41 Å². The molecule has 15 heavy (non-hydrogen) atoms. The number of hydrogen-bond acceptors (Lipinski definition) is 4. The number of likely N-dealkylation sites (N-methyl/N-ethyl adjacent to an activating group) is 1. The monoisotopic (exact) mass is 204 g/mol. The minimum absolute atomic E-state index is 0.389. The maximum absolute atomic E-state index is 7.70. The predicted octanol–water partition coefficient (Wildman–Crippen LogP) is 0.365. The zero-order valence-electron chi connectivity index (χ0n) is 8.68. The van der Waals surface area contributed by atoms with Crippen LogP contribution in [0.25, 0.3) is 11.2 Å². The average molecular weight is 204 g/mol. The van der Waals surface area contributed by atoms with Crippen molar-refractivity contribution in [3.05, 3.63) is 18.3 Å². The van der Waals surface area contributed by atoms with E-state index in [1.807, 2.05) is 26.2 Å². The number of amidine groups is 1. The summed E-state index contributed by atoms with van der Waals surface area (Å²) in [4.78, 5) is 5.91. The first-order valence-electron chi connectivity index (χ1n) is 4.57. The highest BCUT2D eigenvalue weighted by atomic mass is 15.4. The molecular weight excluding hydrogens is 192 g/mol. The summed E-state index contributed by atoms with van der Waals surface area (Å²) in [5.41, 5.74) is 1.47. The van der Waals surface area contributed by atoms with E-state index >= 15 is 0 Å². The van der Waals surface area contributed by atoms with Gasteiger partial charge in [0.05, 0.1) is 0 Å². The van der Waals surface area contributed by atoms with Crippen LogP contribution in [0.5, 0.6) is 0 Å². The molecule has 6 nitrogen and oxygen atoms in total. The fourth-order valence-electron chi connectivity index (χ4n) is 1.20. The molecule has 0 fully saturated rings. The minimum Gasteiger partial charge on any atom is -0.365 e. The van der Waals surface area contributed by atoms with Crippen molar-refractivity contribution >= 4 is 17.0 Å². The molecule has 0 aromatic carbocycles. The van der Waals surface area contributed by atoms with Crippen LogP contribution < -0.4 is 0 Å². The average Bonchev–Trinajstić information content (AvgIpc) is 2.62. The van der Waals surface area contributed by atoms with Crippen molar-refractivity contribution in [3.63, 3.8) is 0 Å². The lowest BCUT2D eigenvalue weighted by molar-refractivity contribution is 0.566. The molecule has 6 heteroatoms. The molecule has 2 aromatic rings.